The largest absolute Gasteiger partial charge is 0.492 e. The predicted molar refractivity (Wildman–Crippen MR) is 268 cm³/mol. The van der Waals surface area contributed by atoms with Gasteiger partial charge in [0.1, 0.15) is 41.1 Å². The van der Waals surface area contributed by atoms with Crippen molar-refractivity contribution in [3.8, 4) is 53.3 Å². The minimum atomic E-state index is -3.97. The average molecular weight is 982 g/mol. The number of unbranched alkanes of at least 4 members (excludes halogenated alkanes) is 1. The van der Waals surface area contributed by atoms with Crippen LogP contribution < -0.4 is 36.5 Å². The van der Waals surface area contributed by atoms with E-state index < -0.39 is 36.4 Å². The highest BCUT2D eigenvalue weighted by molar-refractivity contribution is 7.51. The number of benzene rings is 3. The lowest BCUT2D eigenvalue weighted by molar-refractivity contribution is -0.402. The number of nitrogens with two attached hydrogens (primary N) is 3. The van der Waals surface area contributed by atoms with E-state index >= 15 is 0 Å². The van der Waals surface area contributed by atoms with Crippen molar-refractivity contribution in [1.82, 2.24) is 9.99 Å². The minimum Gasteiger partial charge on any atom is -0.492 e. The van der Waals surface area contributed by atoms with Crippen LogP contribution in [0.25, 0.3) is 0 Å². The second-order valence-electron chi connectivity index (χ2n) is 15.7. The smallest absolute Gasteiger partial charge is 0.461 e. The first-order valence-electron chi connectivity index (χ1n) is 21.7. The summed E-state index contributed by atoms with van der Waals surface area (Å²) in [5.74, 6) is 12.0. The topological polar surface area (TPSA) is 255 Å². The van der Waals surface area contributed by atoms with Gasteiger partial charge < -0.3 is 40.9 Å². The number of terminal acetylenes is 1. The molecule has 0 spiro atoms. The highest BCUT2D eigenvalue weighted by Gasteiger charge is 2.33. The molecule has 1 aromatic heterocycles. The molecule has 0 radical (unpaired) electrons. The van der Waals surface area contributed by atoms with Gasteiger partial charge in [0.25, 0.3) is 17.7 Å². The molecule has 0 bridgehead atoms. The Balaban J connectivity index is 0. The molecule has 3 aromatic carbocycles. The van der Waals surface area contributed by atoms with Gasteiger partial charge in [0.2, 0.25) is 0 Å². The standard InChI is InChI=1S/C33H42ClN4O9P.C16H14N2O2.5H2/c1-23(26-12-16-30(29(20-26)32(35)39)44-21-24-8-4-3-5-9-24)36-33(40)25-10-13-27(14-11-25)47-48(43,37(2)19-7-6-18-34)45-22-28-15-17-31(46-28)38(41)42;1-3-4-5-6-7-10-20-15-9-8-13(12(2)17)11-14(15)16(18)19;;;;;/h10-17,20,23-24H,3-9,18-19,21-22H2,1-2H3,(H2,35,39)(H,36,40);1,8-9,11-12H,10,17H2,2H3,(H2,18,19);5*1H. The van der Waals surface area contributed by atoms with Gasteiger partial charge >= 0.3 is 13.6 Å². The van der Waals surface area contributed by atoms with E-state index in [0.717, 1.165) is 18.4 Å². The third-order valence-electron chi connectivity index (χ3n) is 10.5. The zero-order valence-corrected chi connectivity index (χ0v) is 39.8. The molecule has 0 saturated heterocycles. The molecule has 1 saturated carbocycles. The van der Waals surface area contributed by atoms with Crippen LogP contribution in [-0.4, -0.2) is 60.0 Å². The molecule has 0 aliphatic heterocycles. The van der Waals surface area contributed by atoms with Crippen LogP contribution in [-0.2, 0) is 15.7 Å². The van der Waals surface area contributed by atoms with Crippen LogP contribution in [0.3, 0.4) is 0 Å². The molecular formula is C49H66ClN6O11P. The number of carbonyl (C=O) groups excluding carboxylic acids is 3. The van der Waals surface area contributed by atoms with Crippen LogP contribution in [0.4, 0.5) is 5.88 Å². The van der Waals surface area contributed by atoms with Crippen LogP contribution in [0, 0.1) is 52.1 Å². The van der Waals surface area contributed by atoms with Crippen molar-refractivity contribution in [2.75, 3.05) is 32.7 Å². The van der Waals surface area contributed by atoms with Crippen molar-refractivity contribution in [3.63, 3.8) is 0 Å². The number of halogens is 1. The third kappa shape index (κ3) is 16.8. The fourth-order valence-electron chi connectivity index (χ4n) is 6.71. The zero-order chi connectivity index (χ0) is 49.6. The maximum absolute atomic E-state index is 13.9. The Kier molecular flexibility index (Phi) is 21.5. The van der Waals surface area contributed by atoms with Crippen molar-refractivity contribution >= 4 is 43.0 Å². The highest BCUT2D eigenvalue weighted by Crippen LogP contribution is 2.52. The summed E-state index contributed by atoms with van der Waals surface area (Å²) in [4.78, 5) is 47.0. The summed E-state index contributed by atoms with van der Waals surface area (Å²) in [5.41, 5.74) is 19.1. The molecular weight excluding hydrogens is 915 g/mol. The fraction of sp³-hybridized carbons (Fsp3) is 0.367. The molecule has 1 aliphatic carbocycles. The number of primary amides is 2. The number of nitrogens with one attached hydrogen (secondary N) is 1. The first kappa shape index (κ1) is 53.8. The van der Waals surface area contributed by atoms with Gasteiger partial charge in [-0.2, -0.15) is 0 Å². The van der Waals surface area contributed by atoms with Gasteiger partial charge in [-0.1, -0.05) is 31.4 Å². The van der Waals surface area contributed by atoms with E-state index in [9.17, 15) is 29.1 Å². The number of alkyl halides is 1. The van der Waals surface area contributed by atoms with Crippen molar-refractivity contribution in [2.45, 2.75) is 77.5 Å². The van der Waals surface area contributed by atoms with Gasteiger partial charge in [0.05, 0.1) is 29.8 Å². The zero-order valence-electron chi connectivity index (χ0n) is 38.2. The van der Waals surface area contributed by atoms with Gasteiger partial charge in [-0.3, -0.25) is 29.0 Å². The fourth-order valence-corrected chi connectivity index (χ4v) is 8.35. The number of hydrogen-bond acceptors (Lipinski definition) is 12. The van der Waals surface area contributed by atoms with Gasteiger partial charge in [-0.15, -0.1) is 18.0 Å². The molecule has 4 aromatic rings. The summed E-state index contributed by atoms with van der Waals surface area (Å²) in [6.07, 6.45) is 12.1. The van der Waals surface area contributed by atoms with Crippen LogP contribution >= 0.6 is 19.3 Å². The Morgan fingerprint density at radius 1 is 0.941 bits per heavy atom. The number of nitro groups is 1. The number of ether oxygens (including phenoxy) is 2. The number of carbonyl (C=O) groups is 3. The van der Waals surface area contributed by atoms with Gasteiger partial charge in [0, 0.05) is 31.2 Å². The highest BCUT2D eigenvalue weighted by atomic mass is 35.5. The Hall–Kier alpha value is -6.77. The van der Waals surface area contributed by atoms with Gasteiger partial charge in [0.15, 0.2) is 0 Å². The summed E-state index contributed by atoms with van der Waals surface area (Å²) in [6.45, 7) is 4.22. The second-order valence-corrected chi connectivity index (χ2v) is 18.1. The molecule has 3 unspecified atom stereocenters. The summed E-state index contributed by atoms with van der Waals surface area (Å²) < 4.78 is 43.3. The van der Waals surface area contributed by atoms with Crippen LogP contribution in [0.5, 0.6) is 17.2 Å². The van der Waals surface area contributed by atoms with E-state index in [1.807, 2.05) is 6.92 Å². The molecule has 5 rings (SSSR count). The molecule has 3 atom stereocenters. The summed E-state index contributed by atoms with van der Waals surface area (Å²) in [5, 5.41) is 13.9. The maximum Gasteiger partial charge on any atom is 0.461 e. The predicted octanol–water partition coefficient (Wildman–Crippen LogP) is 9.45. The van der Waals surface area contributed by atoms with Crippen LogP contribution in [0.15, 0.2) is 77.2 Å². The van der Waals surface area contributed by atoms with Gasteiger partial charge in [-0.05, 0) is 148 Å². The van der Waals surface area contributed by atoms with E-state index in [-0.39, 0.29) is 54.9 Å². The average Bonchev–Trinajstić information content (AvgIpc) is 3.82. The number of furan rings is 1. The van der Waals surface area contributed by atoms with E-state index in [1.165, 1.54) is 60.3 Å². The first-order chi connectivity index (χ1) is 32.5. The summed E-state index contributed by atoms with van der Waals surface area (Å²) in [7, 11) is -2.40. The normalized spacial score (nSPS) is 13.8. The number of amides is 3. The molecule has 19 heteroatoms. The molecule has 68 heavy (non-hydrogen) atoms. The molecule has 17 nitrogen and oxygen atoms in total. The lowest BCUT2D eigenvalue weighted by Crippen LogP contribution is -2.27. The Morgan fingerprint density at radius 2 is 1.59 bits per heavy atom. The first-order valence-corrected chi connectivity index (χ1v) is 23.8. The maximum atomic E-state index is 13.9. The van der Waals surface area contributed by atoms with E-state index in [0.29, 0.717) is 60.4 Å². The Labute approximate surface area is 408 Å². The van der Waals surface area contributed by atoms with E-state index in [1.54, 1.807) is 50.4 Å². The number of rotatable bonds is 22. The molecule has 370 valence electrons. The SMILES string of the molecule is C#CC#CC#CCOc1ccc(C(C)N)cc1C(N)=O.CC(NC(=O)c1ccc(OP(=O)(OCc2ccc([N+](=O)[O-])o2)N(C)CCCCCl)cc1)c1ccc(OCC2CCCCC2)c(C(N)=O)c1.[HH].[HH].[HH].[HH].[HH]. The number of nitrogens with zero attached hydrogens (tertiary/aromatic N) is 2. The Bertz CT molecular complexity index is 2610. The molecule has 3 amide bonds. The molecule has 1 fully saturated rings. The summed E-state index contributed by atoms with van der Waals surface area (Å²) >= 11 is 5.79. The van der Waals surface area contributed by atoms with Crippen molar-refractivity contribution < 1.29 is 53.9 Å². The molecule has 1 heterocycles. The summed E-state index contributed by atoms with van der Waals surface area (Å²) in [6, 6.07) is 18.1. The molecule has 7 N–H and O–H groups in total. The van der Waals surface area contributed by atoms with E-state index in [2.05, 4.69) is 34.9 Å². The third-order valence-corrected chi connectivity index (χ3v) is 12.7. The quantitative estimate of drug-likeness (QED) is 0.0143. The lowest BCUT2D eigenvalue weighted by atomic mass is 9.90. The van der Waals surface area contributed by atoms with Crippen molar-refractivity contribution in [2.24, 2.45) is 23.1 Å². The monoisotopic (exact) mass is 980 g/mol. The lowest BCUT2D eigenvalue weighted by Gasteiger charge is -2.27. The van der Waals surface area contributed by atoms with Crippen LogP contribution in [0.2, 0.25) is 0 Å². The van der Waals surface area contributed by atoms with Crippen molar-refractivity contribution in [3.05, 3.63) is 116 Å². The van der Waals surface area contributed by atoms with E-state index in [4.69, 9.17) is 58.2 Å². The molecule has 1 aliphatic rings. The van der Waals surface area contributed by atoms with Gasteiger partial charge in [-0.25, -0.2) is 9.24 Å². The minimum absolute atomic E-state index is 0. The number of hydrogen-bond donors (Lipinski definition) is 4. The van der Waals surface area contributed by atoms with Crippen molar-refractivity contribution in [1.29, 1.82) is 0 Å². The van der Waals surface area contributed by atoms with Crippen LogP contribution in [0.1, 0.15) is 126 Å². The second kappa shape index (κ2) is 27.1. The Morgan fingerprint density at radius 3 is 2.19 bits per heavy atom.